The Kier molecular flexibility index (Phi) is 8.75. The minimum absolute atomic E-state index is 0.318. The number of hydrogen-bond donors (Lipinski definition) is 1. The molecule has 1 atom stereocenters. The van der Waals surface area contributed by atoms with Gasteiger partial charge in [0.15, 0.2) is 0 Å². The van der Waals surface area contributed by atoms with E-state index >= 15 is 0 Å². The monoisotopic (exact) mass is 493 g/mol. The number of amides is 1. The molecule has 1 saturated heterocycles. The molecule has 3 rings (SSSR count). The van der Waals surface area contributed by atoms with Gasteiger partial charge < -0.3 is 10.1 Å². The number of anilines is 1. The van der Waals surface area contributed by atoms with Gasteiger partial charge in [-0.3, -0.25) is 14.0 Å². The van der Waals surface area contributed by atoms with E-state index in [1.54, 1.807) is 32.0 Å². The molecule has 0 radical (unpaired) electrons. The number of hydrogen-bond acceptors (Lipinski definition) is 5. The van der Waals surface area contributed by atoms with Crippen LogP contribution in [0.15, 0.2) is 42.5 Å². The summed E-state index contributed by atoms with van der Waals surface area (Å²) in [7, 11) is -3.72. The van der Waals surface area contributed by atoms with Gasteiger partial charge in [0.1, 0.15) is 6.04 Å². The van der Waals surface area contributed by atoms with E-state index in [-0.39, 0.29) is 5.91 Å². The third-order valence-corrected chi connectivity index (χ3v) is 7.11. The van der Waals surface area contributed by atoms with Crippen molar-refractivity contribution in [3.8, 4) is 0 Å². The SMILES string of the molecule is CCC(C(=O)NCc1cccc(CN2CCOCC2)c1)N(c1cc(Cl)ccc1C)S(C)(=O)=O. The Morgan fingerprint density at radius 3 is 2.55 bits per heavy atom. The second kappa shape index (κ2) is 11.3. The number of carbonyl (C=O) groups is 1. The van der Waals surface area contributed by atoms with Gasteiger partial charge in [0.2, 0.25) is 15.9 Å². The molecule has 7 nitrogen and oxygen atoms in total. The van der Waals surface area contributed by atoms with Gasteiger partial charge in [-0.2, -0.15) is 0 Å². The number of sulfonamides is 1. The maximum atomic E-state index is 13.1. The van der Waals surface area contributed by atoms with Gasteiger partial charge in [-0.15, -0.1) is 0 Å². The van der Waals surface area contributed by atoms with Crippen molar-refractivity contribution in [2.24, 2.45) is 0 Å². The predicted octanol–water partition coefficient (Wildman–Crippen LogP) is 3.34. The molecular formula is C24H32ClN3O4S. The topological polar surface area (TPSA) is 79.0 Å². The van der Waals surface area contributed by atoms with Gasteiger partial charge in [0.05, 0.1) is 25.2 Å². The number of rotatable bonds is 9. The number of benzene rings is 2. The van der Waals surface area contributed by atoms with Gasteiger partial charge >= 0.3 is 0 Å². The van der Waals surface area contributed by atoms with Crippen molar-refractivity contribution in [2.75, 3.05) is 36.9 Å². The van der Waals surface area contributed by atoms with Crippen LogP contribution in [-0.2, 0) is 32.6 Å². The van der Waals surface area contributed by atoms with Gasteiger partial charge in [0.25, 0.3) is 0 Å². The van der Waals surface area contributed by atoms with E-state index in [1.165, 1.54) is 9.87 Å². The predicted molar refractivity (Wildman–Crippen MR) is 132 cm³/mol. The van der Waals surface area contributed by atoms with Crippen LogP contribution < -0.4 is 9.62 Å². The third kappa shape index (κ3) is 6.93. The van der Waals surface area contributed by atoms with E-state index in [1.807, 2.05) is 12.1 Å². The molecule has 1 aliphatic rings. The number of nitrogens with zero attached hydrogens (tertiary/aromatic N) is 2. The highest BCUT2D eigenvalue weighted by atomic mass is 35.5. The van der Waals surface area contributed by atoms with E-state index < -0.39 is 16.1 Å². The zero-order valence-corrected chi connectivity index (χ0v) is 21.0. The van der Waals surface area contributed by atoms with Crippen LogP contribution in [0, 0.1) is 6.92 Å². The molecular weight excluding hydrogens is 462 g/mol. The van der Waals surface area contributed by atoms with Crippen molar-refractivity contribution in [1.82, 2.24) is 10.2 Å². The highest BCUT2D eigenvalue weighted by molar-refractivity contribution is 7.92. The minimum Gasteiger partial charge on any atom is -0.379 e. The van der Waals surface area contributed by atoms with Crippen LogP contribution in [-0.4, -0.2) is 57.8 Å². The molecule has 0 aliphatic carbocycles. The van der Waals surface area contributed by atoms with Crippen molar-refractivity contribution in [3.63, 3.8) is 0 Å². The Morgan fingerprint density at radius 1 is 1.18 bits per heavy atom. The Bertz CT molecular complexity index is 1070. The first-order valence-corrected chi connectivity index (χ1v) is 13.3. The molecule has 0 saturated carbocycles. The van der Waals surface area contributed by atoms with Crippen molar-refractivity contribution >= 4 is 33.2 Å². The van der Waals surface area contributed by atoms with E-state index in [0.29, 0.717) is 23.7 Å². The van der Waals surface area contributed by atoms with Gasteiger partial charge in [-0.25, -0.2) is 8.42 Å². The first kappa shape index (κ1) is 25.5. The molecule has 1 heterocycles. The summed E-state index contributed by atoms with van der Waals surface area (Å²) in [4.78, 5) is 15.5. The molecule has 1 aliphatic heterocycles. The number of nitrogens with one attached hydrogen (secondary N) is 1. The highest BCUT2D eigenvalue weighted by Crippen LogP contribution is 2.29. The minimum atomic E-state index is -3.72. The molecule has 0 spiro atoms. The van der Waals surface area contributed by atoms with Crippen LogP contribution in [0.5, 0.6) is 0 Å². The number of morpholine rings is 1. The van der Waals surface area contributed by atoms with Crippen LogP contribution in [0.1, 0.15) is 30.0 Å². The standard InChI is InChI=1S/C24H32ClN3O4S/c1-4-22(28(33(3,30)31)23-15-21(25)9-8-18(23)2)24(29)26-16-19-6-5-7-20(14-19)17-27-10-12-32-13-11-27/h5-9,14-15,22H,4,10-13,16-17H2,1-3H3,(H,26,29). The quantitative estimate of drug-likeness (QED) is 0.579. The average molecular weight is 494 g/mol. The van der Waals surface area contributed by atoms with Gasteiger partial charge in [-0.1, -0.05) is 48.9 Å². The molecule has 0 aromatic heterocycles. The van der Waals surface area contributed by atoms with E-state index in [4.69, 9.17) is 16.3 Å². The first-order valence-electron chi connectivity index (χ1n) is 11.1. The number of carbonyl (C=O) groups excluding carboxylic acids is 1. The van der Waals surface area contributed by atoms with Crippen LogP contribution in [0.25, 0.3) is 0 Å². The van der Waals surface area contributed by atoms with E-state index in [0.717, 1.165) is 50.2 Å². The fourth-order valence-corrected chi connectivity index (χ4v) is 5.45. The zero-order valence-electron chi connectivity index (χ0n) is 19.4. The Hall–Kier alpha value is -2.13. The molecule has 1 fully saturated rings. The maximum Gasteiger partial charge on any atom is 0.244 e. The van der Waals surface area contributed by atoms with Crippen LogP contribution in [0.2, 0.25) is 5.02 Å². The summed E-state index contributed by atoms with van der Waals surface area (Å²) in [6.45, 7) is 8.05. The first-order chi connectivity index (χ1) is 15.7. The van der Waals surface area contributed by atoms with Gasteiger partial charge in [-0.05, 0) is 42.2 Å². The molecule has 1 unspecified atom stereocenters. The molecule has 33 heavy (non-hydrogen) atoms. The normalized spacial score (nSPS) is 15.8. The van der Waals surface area contributed by atoms with Crippen LogP contribution in [0.4, 0.5) is 5.69 Å². The maximum absolute atomic E-state index is 13.1. The third-order valence-electron chi connectivity index (χ3n) is 5.71. The second-order valence-electron chi connectivity index (χ2n) is 8.34. The molecule has 2 aromatic carbocycles. The summed E-state index contributed by atoms with van der Waals surface area (Å²) in [6, 6.07) is 12.2. The molecule has 9 heteroatoms. The Labute approximate surface area is 201 Å². The Balaban J connectivity index is 1.73. The lowest BCUT2D eigenvalue weighted by atomic mass is 10.1. The number of aryl methyl sites for hydroxylation is 1. The van der Waals surface area contributed by atoms with Gasteiger partial charge in [0, 0.05) is 31.2 Å². The smallest absolute Gasteiger partial charge is 0.244 e. The average Bonchev–Trinajstić information content (AvgIpc) is 2.78. The number of ether oxygens (including phenoxy) is 1. The largest absolute Gasteiger partial charge is 0.379 e. The molecule has 1 amide bonds. The molecule has 2 aromatic rings. The molecule has 1 N–H and O–H groups in total. The van der Waals surface area contributed by atoms with Crippen LogP contribution >= 0.6 is 11.6 Å². The lowest BCUT2D eigenvalue weighted by Gasteiger charge is -2.31. The lowest BCUT2D eigenvalue weighted by molar-refractivity contribution is -0.122. The van der Waals surface area contributed by atoms with Crippen LogP contribution in [0.3, 0.4) is 0 Å². The molecule has 180 valence electrons. The summed E-state index contributed by atoms with van der Waals surface area (Å²) >= 11 is 6.13. The lowest BCUT2D eigenvalue weighted by Crippen LogP contribution is -2.49. The van der Waals surface area contributed by atoms with Crippen molar-refractivity contribution in [3.05, 3.63) is 64.2 Å². The van der Waals surface area contributed by atoms with Crippen molar-refractivity contribution in [1.29, 1.82) is 0 Å². The van der Waals surface area contributed by atoms with Crippen molar-refractivity contribution in [2.45, 2.75) is 39.4 Å². The van der Waals surface area contributed by atoms with Crippen molar-refractivity contribution < 1.29 is 17.9 Å². The van der Waals surface area contributed by atoms with E-state index in [2.05, 4.69) is 22.3 Å². The number of halogens is 1. The zero-order chi connectivity index (χ0) is 24.0. The Morgan fingerprint density at radius 2 is 1.88 bits per heavy atom. The summed E-state index contributed by atoms with van der Waals surface area (Å²) in [5.74, 6) is -0.346. The summed E-state index contributed by atoms with van der Waals surface area (Å²) in [6.07, 6.45) is 1.43. The van der Waals surface area contributed by atoms with E-state index in [9.17, 15) is 13.2 Å². The summed E-state index contributed by atoms with van der Waals surface area (Å²) < 4.78 is 32.0. The fraction of sp³-hybridized carbons (Fsp3) is 0.458. The summed E-state index contributed by atoms with van der Waals surface area (Å²) in [5.41, 5.74) is 3.28. The summed E-state index contributed by atoms with van der Waals surface area (Å²) in [5, 5.41) is 3.34. The molecule has 0 bridgehead atoms. The highest BCUT2D eigenvalue weighted by Gasteiger charge is 2.32. The second-order valence-corrected chi connectivity index (χ2v) is 10.6. The fourth-order valence-electron chi connectivity index (χ4n) is 4.02.